The Morgan fingerprint density at radius 1 is 1.24 bits per heavy atom. The number of esters is 1. The van der Waals surface area contributed by atoms with Crippen molar-refractivity contribution in [3.8, 4) is 0 Å². The van der Waals surface area contributed by atoms with Gasteiger partial charge in [-0.2, -0.15) is 0 Å². The van der Waals surface area contributed by atoms with Crippen molar-refractivity contribution >= 4 is 32.9 Å². The van der Waals surface area contributed by atoms with Crippen LogP contribution in [0.2, 0.25) is 0 Å². The van der Waals surface area contributed by atoms with Crippen LogP contribution in [-0.4, -0.2) is 12.6 Å². The molecule has 130 valence electrons. The summed E-state index contributed by atoms with van der Waals surface area (Å²) in [4.78, 5) is 12.3. The number of hydrogen-bond acceptors (Lipinski definition) is 4. The summed E-state index contributed by atoms with van der Waals surface area (Å²) in [6.07, 6.45) is 0. The zero-order valence-electron chi connectivity index (χ0n) is 14.2. The van der Waals surface area contributed by atoms with E-state index in [0.717, 1.165) is 15.4 Å². The number of carbonyl (C=O) groups is 1. The van der Waals surface area contributed by atoms with Crippen molar-refractivity contribution < 1.29 is 13.9 Å². The summed E-state index contributed by atoms with van der Waals surface area (Å²) in [5.74, 6) is -0.165. The highest BCUT2D eigenvalue weighted by Crippen LogP contribution is 2.30. The number of benzene rings is 2. The molecule has 1 atom stereocenters. The molecule has 1 N–H and O–H groups in total. The molecule has 0 bridgehead atoms. The second-order valence-corrected chi connectivity index (χ2v) is 6.70. The number of ether oxygens (including phenoxy) is 1. The van der Waals surface area contributed by atoms with Crippen LogP contribution < -0.4 is 5.32 Å². The normalized spacial score (nSPS) is 12.3. The Hall–Kier alpha value is -2.11. The molecule has 3 rings (SSSR count). The maximum atomic E-state index is 12.3. The fourth-order valence-electron chi connectivity index (χ4n) is 2.77. The van der Waals surface area contributed by atoms with E-state index in [4.69, 9.17) is 9.15 Å². The van der Waals surface area contributed by atoms with Crippen molar-refractivity contribution in [2.24, 2.45) is 0 Å². The molecule has 0 aliphatic carbocycles. The van der Waals surface area contributed by atoms with Gasteiger partial charge < -0.3 is 14.5 Å². The van der Waals surface area contributed by atoms with E-state index in [0.29, 0.717) is 18.7 Å². The summed E-state index contributed by atoms with van der Waals surface area (Å²) in [7, 11) is 0. The fourth-order valence-corrected chi connectivity index (χ4v) is 3.13. The van der Waals surface area contributed by atoms with E-state index in [1.54, 1.807) is 6.92 Å². The second-order valence-electron chi connectivity index (χ2n) is 5.78. The van der Waals surface area contributed by atoms with Gasteiger partial charge >= 0.3 is 5.97 Å². The zero-order chi connectivity index (χ0) is 17.8. The Morgan fingerprint density at radius 3 is 2.72 bits per heavy atom. The van der Waals surface area contributed by atoms with Crippen molar-refractivity contribution in [1.29, 1.82) is 0 Å². The van der Waals surface area contributed by atoms with Crippen molar-refractivity contribution in [2.75, 3.05) is 6.61 Å². The zero-order valence-corrected chi connectivity index (χ0v) is 15.8. The van der Waals surface area contributed by atoms with E-state index in [9.17, 15) is 4.79 Å². The number of hydrogen-bond donors (Lipinski definition) is 1. The minimum atomic E-state index is -0.431. The van der Waals surface area contributed by atoms with E-state index in [1.807, 2.05) is 36.4 Å². The molecule has 0 radical (unpaired) electrons. The summed E-state index contributed by atoms with van der Waals surface area (Å²) in [5, 5.41) is 4.37. The smallest absolute Gasteiger partial charge is 0.374 e. The van der Waals surface area contributed by atoms with Crippen LogP contribution in [0.3, 0.4) is 0 Å². The van der Waals surface area contributed by atoms with E-state index in [-0.39, 0.29) is 11.8 Å². The van der Waals surface area contributed by atoms with Crippen LogP contribution in [0.4, 0.5) is 0 Å². The monoisotopic (exact) mass is 401 g/mol. The molecule has 0 saturated heterocycles. The van der Waals surface area contributed by atoms with Gasteiger partial charge in [-0.3, -0.25) is 0 Å². The minimum absolute atomic E-state index is 0.147. The highest BCUT2D eigenvalue weighted by atomic mass is 79.9. The average molecular weight is 402 g/mol. The number of carbonyl (C=O) groups excluding carboxylic acids is 1. The van der Waals surface area contributed by atoms with Gasteiger partial charge in [-0.05, 0) is 37.6 Å². The summed E-state index contributed by atoms with van der Waals surface area (Å²) in [5.41, 5.74) is 2.68. The SMILES string of the molecule is CCOC(=O)c1oc2ccc(Br)cc2c1CN[C@@H](C)c1ccccc1. The molecule has 1 aromatic heterocycles. The molecule has 0 aliphatic heterocycles. The van der Waals surface area contributed by atoms with E-state index in [2.05, 4.69) is 40.3 Å². The standard InChI is InChI=1S/C20H20BrNO3/c1-3-24-20(23)19-17(16-11-15(21)9-10-18(16)25-19)12-22-13(2)14-7-5-4-6-8-14/h4-11,13,22H,3,12H2,1-2H3/t13-/m0/s1. The highest BCUT2D eigenvalue weighted by Gasteiger charge is 2.22. The molecule has 1 heterocycles. The van der Waals surface area contributed by atoms with Crippen LogP contribution in [-0.2, 0) is 11.3 Å². The Bertz CT molecular complexity index is 873. The first-order chi connectivity index (χ1) is 12.1. The van der Waals surface area contributed by atoms with Gasteiger partial charge in [-0.25, -0.2) is 4.79 Å². The second kappa shape index (κ2) is 7.85. The third-order valence-electron chi connectivity index (χ3n) is 4.10. The number of nitrogens with one attached hydrogen (secondary N) is 1. The Balaban J connectivity index is 1.91. The first-order valence-electron chi connectivity index (χ1n) is 8.26. The molecule has 5 heteroatoms. The average Bonchev–Trinajstić information content (AvgIpc) is 2.98. The molecule has 2 aromatic carbocycles. The Morgan fingerprint density at radius 2 is 2.00 bits per heavy atom. The predicted octanol–water partition coefficient (Wildman–Crippen LogP) is 5.22. The van der Waals surface area contributed by atoms with Gasteiger partial charge in [0.25, 0.3) is 0 Å². The number of halogens is 1. The van der Waals surface area contributed by atoms with Crippen molar-refractivity contribution in [3.05, 3.63) is 69.9 Å². The van der Waals surface area contributed by atoms with Crippen LogP contribution in [0.1, 0.15) is 41.6 Å². The summed E-state index contributed by atoms with van der Waals surface area (Å²) < 4.78 is 11.9. The lowest BCUT2D eigenvalue weighted by atomic mass is 10.1. The Labute approximate surface area is 155 Å². The summed E-state index contributed by atoms with van der Waals surface area (Å²) in [6, 6.07) is 16.0. The van der Waals surface area contributed by atoms with E-state index >= 15 is 0 Å². The topological polar surface area (TPSA) is 51.5 Å². The molecular formula is C20H20BrNO3. The van der Waals surface area contributed by atoms with Crippen LogP contribution in [0.5, 0.6) is 0 Å². The maximum absolute atomic E-state index is 12.3. The quantitative estimate of drug-likeness (QED) is 0.575. The summed E-state index contributed by atoms with van der Waals surface area (Å²) >= 11 is 3.48. The highest BCUT2D eigenvalue weighted by molar-refractivity contribution is 9.10. The molecule has 0 aliphatic rings. The maximum Gasteiger partial charge on any atom is 0.374 e. The fraction of sp³-hybridized carbons (Fsp3) is 0.250. The third-order valence-corrected chi connectivity index (χ3v) is 4.59. The molecular weight excluding hydrogens is 382 g/mol. The largest absolute Gasteiger partial charge is 0.460 e. The molecule has 0 fully saturated rings. The number of fused-ring (bicyclic) bond motifs is 1. The van der Waals surface area contributed by atoms with Gasteiger partial charge in [0.05, 0.1) is 6.61 Å². The number of furan rings is 1. The lowest BCUT2D eigenvalue weighted by molar-refractivity contribution is 0.0490. The molecule has 0 unspecified atom stereocenters. The van der Waals surface area contributed by atoms with Crippen LogP contribution >= 0.6 is 15.9 Å². The molecule has 3 aromatic rings. The van der Waals surface area contributed by atoms with Crippen LogP contribution in [0.25, 0.3) is 11.0 Å². The van der Waals surface area contributed by atoms with Gasteiger partial charge in [0.15, 0.2) is 0 Å². The summed E-state index contributed by atoms with van der Waals surface area (Å²) in [6.45, 7) is 4.70. The van der Waals surface area contributed by atoms with Crippen molar-refractivity contribution in [2.45, 2.75) is 26.4 Å². The van der Waals surface area contributed by atoms with Gasteiger partial charge in [0.2, 0.25) is 5.76 Å². The third kappa shape index (κ3) is 3.94. The van der Waals surface area contributed by atoms with Crippen molar-refractivity contribution in [1.82, 2.24) is 5.32 Å². The molecule has 4 nitrogen and oxygen atoms in total. The van der Waals surface area contributed by atoms with Gasteiger partial charge in [-0.1, -0.05) is 46.3 Å². The van der Waals surface area contributed by atoms with E-state index in [1.165, 1.54) is 5.56 Å². The van der Waals surface area contributed by atoms with Gasteiger partial charge in [-0.15, -0.1) is 0 Å². The first kappa shape index (κ1) is 17.7. The number of rotatable bonds is 6. The van der Waals surface area contributed by atoms with Crippen LogP contribution in [0.15, 0.2) is 57.4 Å². The van der Waals surface area contributed by atoms with Gasteiger partial charge in [0.1, 0.15) is 5.58 Å². The predicted molar refractivity (Wildman–Crippen MR) is 102 cm³/mol. The molecule has 25 heavy (non-hydrogen) atoms. The first-order valence-corrected chi connectivity index (χ1v) is 9.05. The molecule has 0 amide bonds. The van der Waals surface area contributed by atoms with E-state index < -0.39 is 5.97 Å². The van der Waals surface area contributed by atoms with Gasteiger partial charge in [0, 0.05) is 28.0 Å². The van der Waals surface area contributed by atoms with Crippen LogP contribution in [0, 0.1) is 0 Å². The lowest BCUT2D eigenvalue weighted by Crippen LogP contribution is -2.19. The molecule has 0 spiro atoms. The lowest BCUT2D eigenvalue weighted by Gasteiger charge is -2.14. The molecule has 0 saturated carbocycles. The van der Waals surface area contributed by atoms with Crippen molar-refractivity contribution in [3.63, 3.8) is 0 Å². The Kier molecular flexibility index (Phi) is 5.56. The minimum Gasteiger partial charge on any atom is -0.460 e.